The normalized spacial score (nSPS) is 11.3. The van der Waals surface area contributed by atoms with Crippen molar-refractivity contribution in [2.24, 2.45) is 0 Å². The minimum absolute atomic E-state index is 0.00257. The number of benzene rings is 2. The van der Waals surface area contributed by atoms with Crippen LogP contribution in [0.3, 0.4) is 0 Å². The van der Waals surface area contributed by atoms with E-state index in [1.165, 1.54) is 19.2 Å². The van der Waals surface area contributed by atoms with E-state index in [9.17, 15) is 19.8 Å². The van der Waals surface area contributed by atoms with E-state index in [-0.39, 0.29) is 45.6 Å². The van der Waals surface area contributed by atoms with E-state index in [1.807, 2.05) is 0 Å². The van der Waals surface area contributed by atoms with Gasteiger partial charge in [0.1, 0.15) is 28.8 Å². The van der Waals surface area contributed by atoms with E-state index >= 15 is 0 Å². The van der Waals surface area contributed by atoms with Crippen molar-refractivity contribution in [2.45, 2.75) is 13.3 Å². The molecule has 0 saturated heterocycles. The molecule has 0 atom stereocenters. The molecule has 0 spiro atoms. The van der Waals surface area contributed by atoms with Gasteiger partial charge in [0, 0.05) is 23.6 Å². The third kappa shape index (κ3) is 3.06. The van der Waals surface area contributed by atoms with Gasteiger partial charge in [-0.25, -0.2) is 0 Å². The van der Waals surface area contributed by atoms with Crippen molar-refractivity contribution in [3.63, 3.8) is 0 Å². The average Bonchev–Trinajstić information content (AvgIpc) is 2.63. The van der Waals surface area contributed by atoms with E-state index in [1.54, 1.807) is 25.1 Å². The molecule has 0 fully saturated rings. The third-order valence-electron chi connectivity index (χ3n) is 4.22. The summed E-state index contributed by atoms with van der Waals surface area (Å²) in [5, 5.41) is 20.8. The average molecular weight is 366 g/mol. The lowest BCUT2D eigenvalue weighted by Gasteiger charge is -2.12. The molecule has 0 saturated carbocycles. The molecule has 3 aromatic rings. The molecule has 0 aliphatic heterocycles. The van der Waals surface area contributed by atoms with Crippen LogP contribution < -0.4 is 10.2 Å². The van der Waals surface area contributed by atoms with Crippen molar-refractivity contribution in [3.8, 4) is 17.2 Å². The number of rotatable bonds is 5. The van der Waals surface area contributed by atoms with Crippen LogP contribution >= 0.6 is 0 Å². The number of ether oxygens (including phenoxy) is 1. The van der Waals surface area contributed by atoms with E-state index < -0.39 is 5.43 Å². The number of allylic oxidation sites excluding steroid dienone is 2. The van der Waals surface area contributed by atoms with Gasteiger partial charge < -0.3 is 24.2 Å². The number of fused-ring (bicyclic) bond motifs is 2. The molecular formula is C21H18O6. The highest BCUT2D eigenvalue weighted by Crippen LogP contribution is 2.37. The molecule has 138 valence electrons. The summed E-state index contributed by atoms with van der Waals surface area (Å²) in [7, 11) is 1.37. The standard InChI is InChI=1S/C21H18O6/c1-11(2)4-5-12-6-7-15-18(19(12)24)20(25)17-13(8-9-22)16(26-3)10-14(23)21(17)27-15/h4-7,9-10,23-24H,1,8H2,2-3H3/b5-4+. The highest BCUT2D eigenvalue weighted by molar-refractivity contribution is 5.99. The first-order valence-electron chi connectivity index (χ1n) is 8.17. The lowest BCUT2D eigenvalue weighted by molar-refractivity contribution is -0.107. The number of carbonyl (C=O) groups excluding carboxylic acids is 1. The second kappa shape index (κ2) is 6.99. The molecule has 3 rings (SSSR count). The molecular weight excluding hydrogens is 348 g/mol. The van der Waals surface area contributed by atoms with Gasteiger partial charge in [-0.2, -0.15) is 0 Å². The van der Waals surface area contributed by atoms with Gasteiger partial charge in [0.25, 0.3) is 0 Å². The zero-order valence-electron chi connectivity index (χ0n) is 14.9. The molecule has 2 aromatic carbocycles. The predicted molar refractivity (Wildman–Crippen MR) is 103 cm³/mol. The summed E-state index contributed by atoms with van der Waals surface area (Å²) in [5.74, 6) is -0.349. The molecule has 0 unspecified atom stereocenters. The molecule has 2 N–H and O–H groups in total. The maximum absolute atomic E-state index is 13.2. The maximum Gasteiger partial charge on any atom is 0.204 e. The van der Waals surface area contributed by atoms with E-state index in [0.29, 0.717) is 17.4 Å². The highest BCUT2D eigenvalue weighted by atomic mass is 16.5. The summed E-state index contributed by atoms with van der Waals surface area (Å²) in [5.41, 5.74) is 0.993. The Balaban J connectivity index is 2.48. The fraction of sp³-hybridized carbons (Fsp3) is 0.143. The number of phenolic OH excluding ortho intramolecular Hbond substituents is 2. The van der Waals surface area contributed by atoms with Gasteiger partial charge in [0.05, 0.1) is 12.5 Å². The van der Waals surface area contributed by atoms with Crippen LogP contribution in [0.15, 0.2) is 45.6 Å². The number of phenols is 2. The number of hydrogen-bond acceptors (Lipinski definition) is 6. The van der Waals surface area contributed by atoms with Crippen molar-refractivity contribution < 1.29 is 24.2 Å². The van der Waals surface area contributed by atoms with Gasteiger partial charge >= 0.3 is 0 Å². The Bertz CT molecular complexity index is 1170. The molecule has 6 nitrogen and oxygen atoms in total. The molecule has 6 heteroatoms. The second-order valence-electron chi connectivity index (χ2n) is 6.14. The minimum atomic E-state index is -0.555. The molecule has 0 amide bonds. The van der Waals surface area contributed by atoms with Crippen molar-refractivity contribution in [2.75, 3.05) is 7.11 Å². The molecule has 0 bridgehead atoms. The predicted octanol–water partition coefficient (Wildman–Crippen LogP) is 3.70. The molecule has 1 aromatic heterocycles. The first kappa shape index (κ1) is 18.3. The Kier molecular flexibility index (Phi) is 4.73. The SMILES string of the molecule is C=C(C)/C=C/c1ccc2oc3c(O)cc(OC)c(CC=O)c3c(=O)c2c1O. The van der Waals surface area contributed by atoms with Crippen molar-refractivity contribution >= 4 is 34.3 Å². The van der Waals surface area contributed by atoms with Crippen molar-refractivity contribution in [1.29, 1.82) is 0 Å². The van der Waals surface area contributed by atoms with Crippen molar-refractivity contribution in [1.82, 2.24) is 0 Å². The van der Waals surface area contributed by atoms with Crippen LogP contribution in [0.5, 0.6) is 17.2 Å². The molecule has 1 heterocycles. The van der Waals surface area contributed by atoms with E-state index in [0.717, 1.165) is 5.57 Å². The number of aromatic hydroxyl groups is 2. The molecule has 0 radical (unpaired) electrons. The summed E-state index contributed by atoms with van der Waals surface area (Å²) in [6, 6.07) is 4.43. The smallest absolute Gasteiger partial charge is 0.204 e. The van der Waals surface area contributed by atoms with E-state index in [4.69, 9.17) is 9.15 Å². The monoisotopic (exact) mass is 366 g/mol. The van der Waals surface area contributed by atoms with E-state index in [2.05, 4.69) is 6.58 Å². The van der Waals surface area contributed by atoms with Crippen LogP contribution in [-0.4, -0.2) is 23.6 Å². The van der Waals surface area contributed by atoms with Crippen LogP contribution in [0.2, 0.25) is 0 Å². The van der Waals surface area contributed by atoms with Crippen LogP contribution in [0.25, 0.3) is 28.0 Å². The summed E-state index contributed by atoms with van der Waals surface area (Å²) in [6.07, 6.45) is 3.86. The number of hydrogen-bond donors (Lipinski definition) is 2. The largest absolute Gasteiger partial charge is 0.506 e. The Hall–Kier alpha value is -3.54. The Labute approximate surface area is 154 Å². The van der Waals surface area contributed by atoms with Gasteiger partial charge in [-0.15, -0.1) is 0 Å². The number of methoxy groups -OCH3 is 1. The number of carbonyl (C=O) groups is 1. The first-order valence-corrected chi connectivity index (χ1v) is 8.17. The second-order valence-corrected chi connectivity index (χ2v) is 6.14. The maximum atomic E-state index is 13.2. The van der Waals surface area contributed by atoms with Gasteiger partial charge in [-0.3, -0.25) is 4.79 Å². The van der Waals surface area contributed by atoms with Crippen LogP contribution in [0.4, 0.5) is 0 Å². The fourth-order valence-electron chi connectivity index (χ4n) is 2.97. The lowest BCUT2D eigenvalue weighted by Crippen LogP contribution is -2.08. The summed E-state index contributed by atoms with van der Waals surface area (Å²) in [4.78, 5) is 24.3. The number of aldehydes is 1. The molecule has 0 aliphatic carbocycles. The van der Waals surface area contributed by atoms with Crippen LogP contribution in [-0.2, 0) is 11.2 Å². The summed E-state index contributed by atoms with van der Waals surface area (Å²) < 4.78 is 10.9. The lowest BCUT2D eigenvalue weighted by atomic mass is 10.0. The molecule has 0 aliphatic rings. The summed E-state index contributed by atoms with van der Waals surface area (Å²) in [6.45, 7) is 5.56. The first-order chi connectivity index (χ1) is 12.9. The van der Waals surface area contributed by atoms with Crippen LogP contribution in [0.1, 0.15) is 18.1 Å². The Morgan fingerprint density at radius 3 is 2.67 bits per heavy atom. The van der Waals surface area contributed by atoms with Gasteiger partial charge in [-0.1, -0.05) is 24.3 Å². The highest BCUT2D eigenvalue weighted by Gasteiger charge is 2.21. The van der Waals surface area contributed by atoms with Crippen molar-refractivity contribution in [3.05, 3.63) is 57.8 Å². The fourth-order valence-corrected chi connectivity index (χ4v) is 2.97. The van der Waals surface area contributed by atoms with Gasteiger partial charge in [0.2, 0.25) is 5.43 Å². The Morgan fingerprint density at radius 1 is 1.30 bits per heavy atom. The zero-order chi connectivity index (χ0) is 19.7. The molecule has 27 heavy (non-hydrogen) atoms. The van der Waals surface area contributed by atoms with Crippen LogP contribution in [0, 0.1) is 0 Å². The van der Waals surface area contributed by atoms with Gasteiger partial charge in [0.15, 0.2) is 11.3 Å². The van der Waals surface area contributed by atoms with Gasteiger partial charge in [-0.05, 0) is 19.1 Å². The third-order valence-corrected chi connectivity index (χ3v) is 4.22. The Morgan fingerprint density at radius 2 is 2.04 bits per heavy atom. The summed E-state index contributed by atoms with van der Waals surface area (Å²) >= 11 is 0. The zero-order valence-corrected chi connectivity index (χ0v) is 14.9. The minimum Gasteiger partial charge on any atom is -0.506 e. The quantitative estimate of drug-likeness (QED) is 0.406. The topological polar surface area (TPSA) is 97.0 Å².